The predicted octanol–water partition coefficient (Wildman–Crippen LogP) is 4.18. The van der Waals surface area contributed by atoms with Crippen LogP contribution in [0.5, 0.6) is 11.5 Å². The fourth-order valence-electron chi connectivity index (χ4n) is 3.30. The third-order valence-electron chi connectivity index (χ3n) is 5.02. The first-order chi connectivity index (χ1) is 16.9. The number of benzene rings is 2. The number of hydrogen-bond donors (Lipinski definition) is 3. The Morgan fingerprint density at radius 2 is 1.69 bits per heavy atom. The number of carbonyl (C=O) groups is 2. The van der Waals surface area contributed by atoms with Crippen LogP contribution in [0.3, 0.4) is 0 Å². The van der Waals surface area contributed by atoms with Gasteiger partial charge in [0.15, 0.2) is 0 Å². The number of aromatic nitrogens is 1. The molecular weight excluding hydrogens is 446 g/mol. The summed E-state index contributed by atoms with van der Waals surface area (Å²) >= 11 is 0. The zero-order valence-corrected chi connectivity index (χ0v) is 19.9. The quantitative estimate of drug-likeness (QED) is 0.317. The molecule has 3 N–H and O–H groups in total. The molecule has 0 aliphatic rings. The zero-order valence-electron chi connectivity index (χ0n) is 19.9. The van der Waals surface area contributed by atoms with Crippen molar-refractivity contribution in [3.63, 3.8) is 0 Å². The number of carboxylic acids is 1. The van der Waals surface area contributed by atoms with Gasteiger partial charge in [-0.3, -0.25) is 4.79 Å². The van der Waals surface area contributed by atoms with Gasteiger partial charge in [-0.05, 0) is 74.4 Å². The highest BCUT2D eigenvalue weighted by atomic mass is 16.5. The van der Waals surface area contributed by atoms with Crippen LogP contribution in [0, 0.1) is 0 Å². The van der Waals surface area contributed by atoms with Crippen LogP contribution in [0.15, 0.2) is 72.9 Å². The normalized spacial score (nSPS) is 11.5. The van der Waals surface area contributed by atoms with Crippen molar-refractivity contribution in [1.29, 1.82) is 0 Å². The highest BCUT2D eigenvalue weighted by Crippen LogP contribution is 2.16. The Balaban J connectivity index is 1.46. The topological polar surface area (TPSA) is 110 Å². The molecule has 35 heavy (non-hydrogen) atoms. The van der Waals surface area contributed by atoms with Crippen LogP contribution in [0.2, 0.25) is 0 Å². The van der Waals surface area contributed by atoms with Gasteiger partial charge in [0.05, 0.1) is 12.7 Å². The first kappa shape index (κ1) is 25.6. The lowest BCUT2D eigenvalue weighted by Crippen LogP contribution is -2.42. The molecule has 0 aliphatic carbocycles. The Morgan fingerprint density at radius 1 is 0.971 bits per heavy atom. The van der Waals surface area contributed by atoms with E-state index in [0.29, 0.717) is 23.7 Å². The van der Waals surface area contributed by atoms with E-state index in [9.17, 15) is 14.7 Å². The molecule has 3 rings (SSSR count). The van der Waals surface area contributed by atoms with Gasteiger partial charge in [0, 0.05) is 24.7 Å². The largest absolute Gasteiger partial charge is 0.494 e. The van der Waals surface area contributed by atoms with Crippen molar-refractivity contribution in [2.24, 2.45) is 0 Å². The van der Waals surface area contributed by atoms with E-state index in [1.54, 1.807) is 42.6 Å². The molecule has 0 saturated heterocycles. The Kier molecular flexibility index (Phi) is 9.48. The SMILES string of the molecule is CC(C)Oc1ccc(C(=O)NC(Cc2ccc(OCCCNc3ccccn3)cc2)C(=O)O)cc1. The Hall–Kier alpha value is -4.07. The molecule has 3 aromatic rings. The second kappa shape index (κ2) is 13.0. The van der Waals surface area contributed by atoms with E-state index >= 15 is 0 Å². The number of rotatable bonds is 13. The van der Waals surface area contributed by atoms with Crippen molar-refractivity contribution in [3.8, 4) is 11.5 Å². The number of hydrogen-bond acceptors (Lipinski definition) is 6. The highest BCUT2D eigenvalue weighted by Gasteiger charge is 2.21. The number of carboxylic acid groups (broad SMARTS) is 1. The second-order valence-corrected chi connectivity index (χ2v) is 8.25. The maximum Gasteiger partial charge on any atom is 0.326 e. The van der Waals surface area contributed by atoms with E-state index in [-0.39, 0.29) is 12.5 Å². The van der Waals surface area contributed by atoms with E-state index in [0.717, 1.165) is 24.3 Å². The second-order valence-electron chi connectivity index (χ2n) is 8.25. The van der Waals surface area contributed by atoms with Crippen LogP contribution >= 0.6 is 0 Å². The number of ether oxygens (including phenoxy) is 2. The van der Waals surface area contributed by atoms with Crippen LogP contribution in [-0.4, -0.2) is 47.3 Å². The van der Waals surface area contributed by atoms with E-state index in [4.69, 9.17) is 9.47 Å². The predicted molar refractivity (Wildman–Crippen MR) is 134 cm³/mol. The fourth-order valence-corrected chi connectivity index (χ4v) is 3.30. The van der Waals surface area contributed by atoms with Crippen molar-refractivity contribution in [1.82, 2.24) is 10.3 Å². The van der Waals surface area contributed by atoms with Crippen LogP contribution in [0.25, 0.3) is 0 Å². The number of pyridine rings is 1. The van der Waals surface area contributed by atoms with E-state index < -0.39 is 17.9 Å². The maximum atomic E-state index is 12.6. The third kappa shape index (κ3) is 8.66. The number of amides is 1. The van der Waals surface area contributed by atoms with Crippen LogP contribution in [0.1, 0.15) is 36.2 Å². The van der Waals surface area contributed by atoms with E-state index in [1.165, 1.54) is 0 Å². The lowest BCUT2D eigenvalue weighted by atomic mass is 10.1. The molecule has 1 heterocycles. The minimum absolute atomic E-state index is 0.0251. The summed E-state index contributed by atoms with van der Waals surface area (Å²) < 4.78 is 11.3. The van der Waals surface area contributed by atoms with Crippen LogP contribution < -0.4 is 20.1 Å². The summed E-state index contributed by atoms with van der Waals surface area (Å²) in [5, 5.41) is 15.4. The fraction of sp³-hybridized carbons (Fsp3) is 0.296. The molecule has 8 nitrogen and oxygen atoms in total. The summed E-state index contributed by atoms with van der Waals surface area (Å²) in [7, 11) is 0. The lowest BCUT2D eigenvalue weighted by Gasteiger charge is -2.16. The molecule has 2 aromatic carbocycles. The molecule has 0 bridgehead atoms. The van der Waals surface area contributed by atoms with Gasteiger partial charge in [-0.25, -0.2) is 9.78 Å². The molecule has 0 radical (unpaired) electrons. The lowest BCUT2D eigenvalue weighted by molar-refractivity contribution is -0.139. The molecule has 1 unspecified atom stereocenters. The van der Waals surface area contributed by atoms with Gasteiger partial charge in [0.25, 0.3) is 5.91 Å². The van der Waals surface area contributed by atoms with Crippen molar-refractivity contribution >= 4 is 17.7 Å². The van der Waals surface area contributed by atoms with Gasteiger partial charge < -0.3 is 25.2 Å². The van der Waals surface area contributed by atoms with Gasteiger partial charge in [-0.1, -0.05) is 18.2 Å². The molecule has 184 valence electrons. The minimum atomic E-state index is -1.10. The van der Waals surface area contributed by atoms with Crippen LogP contribution in [-0.2, 0) is 11.2 Å². The number of carbonyl (C=O) groups excluding carboxylic acids is 1. The summed E-state index contributed by atoms with van der Waals surface area (Å²) in [4.78, 5) is 28.5. The Labute approximate surface area is 205 Å². The Bertz CT molecular complexity index is 1070. The smallest absolute Gasteiger partial charge is 0.326 e. The molecular formula is C27H31N3O5. The third-order valence-corrected chi connectivity index (χ3v) is 5.02. The summed E-state index contributed by atoms with van der Waals surface area (Å²) in [6.45, 7) is 5.11. The van der Waals surface area contributed by atoms with Crippen LogP contribution in [0.4, 0.5) is 5.82 Å². The van der Waals surface area contributed by atoms with Gasteiger partial charge in [0.1, 0.15) is 23.4 Å². The average molecular weight is 478 g/mol. The number of aliphatic carboxylic acids is 1. The van der Waals surface area contributed by atoms with Crippen molar-refractivity contribution in [3.05, 3.63) is 84.1 Å². The molecule has 0 aliphatic heterocycles. The zero-order chi connectivity index (χ0) is 25.0. The van der Waals surface area contributed by atoms with Gasteiger partial charge in [-0.15, -0.1) is 0 Å². The van der Waals surface area contributed by atoms with Crippen molar-refractivity contribution in [2.75, 3.05) is 18.5 Å². The van der Waals surface area contributed by atoms with Crippen molar-refractivity contribution < 1.29 is 24.2 Å². The molecule has 8 heteroatoms. The summed E-state index contributed by atoms with van der Waals surface area (Å²) in [5.74, 6) is 0.630. The molecule has 1 aromatic heterocycles. The molecule has 0 spiro atoms. The minimum Gasteiger partial charge on any atom is -0.494 e. The number of nitrogens with one attached hydrogen (secondary N) is 2. The van der Waals surface area contributed by atoms with Crippen molar-refractivity contribution in [2.45, 2.75) is 38.8 Å². The molecule has 0 fully saturated rings. The first-order valence-corrected chi connectivity index (χ1v) is 11.6. The van der Waals surface area contributed by atoms with Gasteiger partial charge >= 0.3 is 5.97 Å². The van der Waals surface area contributed by atoms with E-state index in [1.807, 2.05) is 44.2 Å². The first-order valence-electron chi connectivity index (χ1n) is 11.6. The molecule has 1 atom stereocenters. The standard InChI is InChI=1S/C27H31N3O5/c1-19(2)35-23-13-9-21(10-14-23)26(31)30-24(27(32)33)18-20-7-11-22(12-8-20)34-17-5-16-29-25-6-3-4-15-28-25/h3-4,6-15,19,24H,5,16-18H2,1-2H3,(H,28,29)(H,30,31)(H,32,33). The van der Waals surface area contributed by atoms with Gasteiger partial charge in [-0.2, -0.15) is 0 Å². The summed E-state index contributed by atoms with van der Waals surface area (Å²) in [6, 6.07) is 18.5. The Morgan fingerprint density at radius 3 is 2.31 bits per heavy atom. The summed E-state index contributed by atoms with van der Waals surface area (Å²) in [5.41, 5.74) is 1.15. The number of nitrogens with zero attached hydrogens (tertiary/aromatic N) is 1. The molecule has 0 saturated carbocycles. The van der Waals surface area contributed by atoms with E-state index in [2.05, 4.69) is 15.6 Å². The number of anilines is 1. The maximum absolute atomic E-state index is 12.6. The molecule has 1 amide bonds. The van der Waals surface area contributed by atoms with Gasteiger partial charge in [0.2, 0.25) is 0 Å². The highest BCUT2D eigenvalue weighted by molar-refractivity contribution is 5.96. The monoisotopic (exact) mass is 477 g/mol. The summed E-state index contributed by atoms with van der Waals surface area (Å²) in [6.07, 6.45) is 2.72. The average Bonchev–Trinajstić information content (AvgIpc) is 2.85.